The van der Waals surface area contributed by atoms with E-state index in [9.17, 15) is 9.59 Å². The Morgan fingerprint density at radius 3 is 2.62 bits per heavy atom. The summed E-state index contributed by atoms with van der Waals surface area (Å²) in [4.78, 5) is 32.0. The van der Waals surface area contributed by atoms with Gasteiger partial charge in [-0.25, -0.2) is 14.8 Å². The third kappa shape index (κ3) is 2.09. The summed E-state index contributed by atoms with van der Waals surface area (Å²) in [5, 5.41) is 0.402. The predicted molar refractivity (Wildman–Crippen MR) is 80.2 cm³/mol. The molecule has 6 nitrogen and oxygen atoms in total. The fraction of sp³-hybridized carbons (Fsp3) is 0.600. The van der Waals surface area contributed by atoms with Crippen molar-refractivity contribution in [2.24, 2.45) is 18.4 Å². The molecule has 0 unspecified atom stereocenters. The van der Waals surface area contributed by atoms with E-state index in [0.717, 1.165) is 12.8 Å². The first-order valence-corrected chi connectivity index (χ1v) is 7.43. The summed E-state index contributed by atoms with van der Waals surface area (Å²) in [5.74, 6) is 0.546. The first-order chi connectivity index (χ1) is 10.0. The molecule has 1 saturated carbocycles. The molecule has 112 valence electrons. The van der Waals surface area contributed by atoms with E-state index in [2.05, 4.69) is 23.8 Å². The van der Waals surface area contributed by atoms with Gasteiger partial charge in [0, 0.05) is 19.8 Å². The highest BCUT2D eigenvalue weighted by Gasteiger charge is 2.50. The molecule has 2 heterocycles. The molecule has 2 aromatic heterocycles. The van der Waals surface area contributed by atoms with E-state index < -0.39 is 5.69 Å². The van der Waals surface area contributed by atoms with Gasteiger partial charge >= 0.3 is 5.69 Å². The van der Waals surface area contributed by atoms with Gasteiger partial charge in [-0.1, -0.05) is 26.7 Å². The third-order valence-corrected chi connectivity index (χ3v) is 5.14. The van der Waals surface area contributed by atoms with Gasteiger partial charge in [0.15, 0.2) is 5.65 Å². The van der Waals surface area contributed by atoms with Crippen molar-refractivity contribution < 1.29 is 0 Å². The molecular formula is C15H20N4O2. The molecule has 0 aromatic carbocycles. The van der Waals surface area contributed by atoms with Crippen LogP contribution in [0.3, 0.4) is 0 Å². The van der Waals surface area contributed by atoms with Crippen LogP contribution in [0.1, 0.15) is 33.1 Å². The number of hydrogen-bond donors (Lipinski definition) is 0. The molecule has 1 aliphatic rings. The van der Waals surface area contributed by atoms with E-state index in [4.69, 9.17) is 0 Å². The number of aromatic nitrogens is 4. The van der Waals surface area contributed by atoms with Gasteiger partial charge in [0.25, 0.3) is 5.56 Å². The van der Waals surface area contributed by atoms with Crippen molar-refractivity contribution in [1.29, 1.82) is 0 Å². The summed E-state index contributed by atoms with van der Waals surface area (Å²) in [7, 11) is 1.58. The van der Waals surface area contributed by atoms with Crippen LogP contribution in [0.15, 0.2) is 22.1 Å². The molecule has 0 aliphatic heterocycles. The Hall–Kier alpha value is -1.98. The number of nitrogens with zero attached hydrogens (tertiary/aromatic N) is 4. The minimum Gasteiger partial charge on any atom is -0.298 e. The SMILES string of the molecule is CCC1(CC)C[C@H]1Cn1cnc2c(cnc(=O)n2C)c1=O. The Balaban J connectivity index is 1.99. The van der Waals surface area contributed by atoms with E-state index in [0.29, 0.717) is 28.9 Å². The van der Waals surface area contributed by atoms with Crippen molar-refractivity contribution in [3.05, 3.63) is 33.4 Å². The van der Waals surface area contributed by atoms with E-state index in [1.807, 2.05) is 0 Å². The fourth-order valence-corrected chi connectivity index (χ4v) is 3.35. The first kappa shape index (κ1) is 14.0. The van der Waals surface area contributed by atoms with Gasteiger partial charge in [-0.15, -0.1) is 0 Å². The molecule has 3 rings (SSSR count). The lowest BCUT2D eigenvalue weighted by Crippen LogP contribution is -2.27. The highest BCUT2D eigenvalue weighted by Crippen LogP contribution is 2.58. The van der Waals surface area contributed by atoms with Crippen molar-refractivity contribution in [3.8, 4) is 0 Å². The molecule has 0 radical (unpaired) electrons. The summed E-state index contributed by atoms with van der Waals surface area (Å²) in [6, 6.07) is 0. The van der Waals surface area contributed by atoms with Gasteiger partial charge in [-0.05, 0) is 17.8 Å². The number of hydrogen-bond acceptors (Lipinski definition) is 4. The fourth-order valence-electron chi connectivity index (χ4n) is 3.35. The molecule has 6 heteroatoms. The lowest BCUT2D eigenvalue weighted by atomic mass is 9.97. The molecule has 2 aromatic rings. The summed E-state index contributed by atoms with van der Waals surface area (Å²) >= 11 is 0. The van der Waals surface area contributed by atoms with Crippen LogP contribution in [0.2, 0.25) is 0 Å². The third-order valence-electron chi connectivity index (χ3n) is 5.14. The molecular weight excluding hydrogens is 268 g/mol. The summed E-state index contributed by atoms with van der Waals surface area (Å²) in [6.07, 6.45) is 6.37. The Morgan fingerprint density at radius 2 is 2.00 bits per heavy atom. The van der Waals surface area contributed by atoms with Crippen molar-refractivity contribution in [2.75, 3.05) is 0 Å². The molecule has 0 amide bonds. The van der Waals surface area contributed by atoms with Crippen molar-refractivity contribution >= 4 is 11.0 Å². The first-order valence-electron chi connectivity index (χ1n) is 7.43. The van der Waals surface area contributed by atoms with Crippen LogP contribution in [0, 0.1) is 11.3 Å². The van der Waals surface area contributed by atoms with Gasteiger partial charge < -0.3 is 0 Å². The minimum atomic E-state index is -0.398. The second-order valence-electron chi connectivity index (χ2n) is 6.01. The zero-order valence-electron chi connectivity index (χ0n) is 12.7. The Labute approximate surface area is 122 Å². The Bertz CT molecular complexity index is 801. The highest BCUT2D eigenvalue weighted by atomic mass is 16.1. The number of aryl methyl sites for hydroxylation is 1. The molecule has 0 bridgehead atoms. The predicted octanol–water partition coefficient (Wildman–Crippen LogP) is 1.32. The van der Waals surface area contributed by atoms with Crippen LogP contribution in [-0.2, 0) is 13.6 Å². The Morgan fingerprint density at radius 1 is 1.29 bits per heavy atom. The maximum absolute atomic E-state index is 12.5. The van der Waals surface area contributed by atoms with Gasteiger partial charge in [0.2, 0.25) is 0 Å². The average Bonchev–Trinajstić information content (AvgIpc) is 3.19. The second-order valence-corrected chi connectivity index (χ2v) is 6.01. The van der Waals surface area contributed by atoms with Crippen molar-refractivity contribution in [2.45, 2.75) is 39.7 Å². The summed E-state index contributed by atoms with van der Waals surface area (Å²) in [6.45, 7) is 5.13. The number of fused-ring (bicyclic) bond motifs is 1. The highest BCUT2D eigenvalue weighted by molar-refractivity contribution is 5.72. The molecule has 21 heavy (non-hydrogen) atoms. The largest absolute Gasteiger partial charge is 0.348 e. The van der Waals surface area contributed by atoms with Gasteiger partial charge in [0.05, 0.1) is 6.33 Å². The smallest absolute Gasteiger partial charge is 0.298 e. The van der Waals surface area contributed by atoms with Crippen LogP contribution in [0.4, 0.5) is 0 Å². The summed E-state index contributed by atoms with van der Waals surface area (Å²) < 4.78 is 2.97. The van der Waals surface area contributed by atoms with Crippen molar-refractivity contribution in [1.82, 2.24) is 19.1 Å². The maximum Gasteiger partial charge on any atom is 0.348 e. The van der Waals surface area contributed by atoms with E-state index in [1.54, 1.807) is 17.9 Å². The van der Waals surface area contributed by atoms with Crippen LogP contribution in [0.25, 0.3) is 11.0 Å². The Kier molecular flexibility index (Phi) is 3.19. The number of rotatable bonds is 4. The normalized spacial score (nSPS) is 19.9. The lowest BCUT2D eigenvalue weighted by molar-refractivity contribution is 0.393. The van der Waals surface area contributed by atoms with Gasteiger partial charge in [0.1, 0.15) is 5.39 Å². The van der Waals surface area contributed by atoms with Gasteiger partial charge in [-0.3, -0.25) is 13.9 Å². The molecule has 0 spiro atoms. The average molecular weight is 288 g/mol. The second kappa shape index (κ2) is 4.79. The van der Waals surface area contributed by atoms with E-state index >= 15 is 0 Å². The standard InChI is InChI=1S/C15H20N4O2/c1-4-15(5-2)6-10(15)8-19-9-17-12-11(13(19)20)7-16-14(21)18(12)3/h7,9-10H,4-6,8H2,1-3H3/t10-/m0/s1. The molecule has 1 atom stereocenters. The molecule has 1 aliphatic carbocycles. The monoisotopic (exact) mass is 288 g/mol. The minimum absolute atomic E-state index is 0.115. The molecule has 0 saturated heterocycles. The topological polar surface area (TPSA) is 69.8 Å². The summed E-state index contributed by atoms with van der Waals surface area (Å²) in [5.41, 5.74) is 0.279. The molecule has 0 N–H and O–H groups in total. The van der Waals surface area contributed by atoms with Crippen LogP contribution < -0.4 is 11.2 Å². The zero-order chi connectivity index (χ0) is 15.2. The maximum atomic E-state index is 12.5. The van der Waals surface area contributed by atoms with Crippen LogP contribution in [-0.4, -0.2) is 19.1 Å². The van der Waals surface area contributed by atoms with Crippen LogP contribution >= 0.6 is 0 Å². The zero-order valence-corrected chi connectivity index (χ0v) is 12.7. The van der Waals surface area contributed by atoms with Crippen LogP contribution in [0.5, 0.6) is 0 Å². The van der Waals surface area contributed by atoms with E-state index in [1.165, 1.54) is 17.2 Å². The van der Waals surface area contributed by atoms with Gasteiger partial charge in [-0.2, -0.15) is 0 Å². The van der Waals surface area contributed by atoms with Crippen molar-refractivity contribution in [3.63, 3.8) is 0 Å². The van der Waals surface area contributed by atoms with E-state index in [-0.39, 0.29) is 5.56 Å². The lowest BCUT2D eigenvalue weighted by Gasteiger charge is -2.13. The quantitative estimate of drug-likeness (QED) is 0.850. The molecule has 1 fully saturated rings.